The molecule has 15 atom stereocenters. The first kappa shape index (κ1) is 67.9. The third-order valence-electron chi connectivity index (χ3n) is 15.9. The van der Waals surface area contributed by atoms with E-state index in [1.165, 1.54) is 43.3 Å². The second-order valence-electron chi connectivity index (χ2n) is 22.7. The quantitative estimate of drug-likeness (QED) is 0.0455. The molecule has 0 aromatic heterocycles. The summed E-state index contributed by atoms with van der Waals surface area (Å²) in [5.41, 5.74) is 9.06. The molecule has 0 spiro atoms. The van der Waals surface area contributed by atoms with Gasteiger partial charge in [0.05, 0.1) is 50.3 Å². The molecule has 26 heteroatoms. The molecule has 478 valence electrons. The number of phenols is 1. The number of aliphatic hydroxyl groups excluding tert-OH is 7. The van der Waals surface area contributed by atoms with Crippen LogP contribution in [0.2, 0.25) is 0 Å². The number of fused-ring (bicyclic) bond motifs is 2. The number of carbonyl (C=O) groups excluding carboxylic acids is 7. The van der Waals surface area contributed by atoms with Crippen LogP contribution >= 0.6 is 0 Å². The van der Waals surface area contributed by atoms with Crippen LogP contribution in [-0.2, 0) is 33.5 Å². The van der Waals surface area contributed by atoms with Crippen molar-refractivity contribution in [2.75, 3.05) is 46.0 Å². The predicted molar refractivity (Wildman–Crippen MR) is 319 cm³/mol. The average molecular weight is 1230 g/mol. The van der Waals surface area contributed by atoms with E-state index in [-0.39, 0.29) is 49.7 Å². The van der Waals surface area contributed by atoms with Crippen LogP contribution in [-0.4, -0.2) is 217 Å². The van der Waals surface area contributed by atoms with Gasteiger partial charge in [-0.1, -0.05) is 87.4 Å². The highest BCUT2D eigenvalue weighted by molar-refractivity contribution is 6.00. The molecule has 3 heterocycles. The number of nitrogens with zero attached hydrogens (tertiary/aromatic N) is 2. The largest absolute Gasteiger partial charge is 0.508 e. The van der Waals surface area contributed by atoms with E-state index in [1.54, 1.807) is 12.1 Å². The molecule has 3 saturated heterocycles. The van der Waals surface area contributed by atoms with Crippen LogP contribution in [0.3, 0.4) is 0 Å². The number of unbranched alkanes of at least 4 members (excludes halogenated alkanes) is 2. The number of hydrogen-bond acceptors (Lipinski definition) is 19. The summed E-state index contributed by atoms with van der Waals surface area (Å²) in [7, 11) is 0. The number of nitrogens with two attached hydrogens (primary N) is 1. The Morgan fingerprint density at radius 1 is 0.659 bits per heavy atom. The van der Waals surface area contributed by atoms with Crippen molar-refractivity contribution in [3.63, 3.8) is 0 Å². The van der Waals surface area contributed by atoms with E-state index in [9.17, 15) is 74.4 Å². The minimum absolute atomic E-state index is 0.0349. The number of nitrogens with one attached hydrogen (secondary N) is 6. The zero-order valence-electron chi connectivity index (χ0n) is 49.6. The van der Waals surface area contributed by atoms with Crippen LogP contribution in [0.15, 0.2) is 97.1 Å². The molecule has 7 amide bonds. The lowest BCUT2D eigenvalue weighted by atomic mass is 9.96. The van der Waals surface area contributed by atoms with Gasteiger partial charge in [0.25, 0.3) is 5.91 Å². The second kappa shape index (κ2) is 31.5. The molecule has 7 rings (SSSR count). The van der Waals surface area contributed by atoms with Crippen LogP contribution in [0, 0.1) is 5.92 Å². The zero-order valence-corrected chi connectivity index (χ0v) is 49.6. The Kier molecular flexibility index (Phi) is 24.3. The zero-order chi connectivity index (χ0) is 63.9. The molecule has 0 radical (unpaired) electrons. The molecule has 4 aromatic carbocycles. The summed E-state index contributed by atoms with van der Waals surface area (Å²) in [6.07, 6.45) is -12.4. The Hall–Kier alpha value is -7.63. The van der Waals surface area contributed by atoms with Gasteiger partial charge in [0, 0.05) is 50.5 Å². The number of benzene rings is 4. The lowest BCUT2D eigenvalue weighted by Crippen LogP contribution is -2.64. The minimum atomic E-state index is -2.29. The van der Waals surface area contributed by atoms with E-state index < -0.39 is 152 Å². The number of phenolic OH excluding ortho intramolecular Hbond substituents is 1. The van der Waals surface area contributed by atoms with Gasteiger partial charge in [-0.15, -0.1) is 0 Å². The van der Waals surface area contributed by atoms with Crippen molar-refractivity contribution in [3.05, 3.63) is 108 Å². The fourth-order valence-electron chi connectivity index (χ4n) is 10.9. The third kappa shape index (κ3) is 17.2. The molecule has 16 N–H and O–H groups in total. The van der Waals surface area contributed by atoms with Crippen molar-refractivity contribution in [2.24, 2.45) is 11.7 Å². The standard InChI is InChI=1S/C62H83N9O17/c1-5-6-7-26-88-44-22-18-39(19-23-44)37-10-8-36(9-11-37)38-12-14-41(15-13-38)56(80)65-45-30-47(76)55(64-25-28-87-27-24-63)69-60(84)51-52(77)33(2)31-71(51)62(86)49(35(4)73)67-59(83)50(54(79)53(78)40-16-20-42(74)21-17-40)68-58(82)46-29-43(75)32-70(46)61(85)48(34(3)72)66-57(45)81/h8-23,33-35,43,45-55,64,72-79H,5-7,24-32,63H2,1-4H3,(H,65,80)(H,66,81)(H,67,83)(H,68,82)(H,69,84)/t33-,34+,35+,43+,45?,46?,47+,48?,49?,50?,51?,52-,53-,54-,55?/m0/s1. The van der Waals surface area contributed by atoms with Crippen LogP contribution in [0.25, 0.3) is 22.3 Å². The maximum absolute atomic E-state index is 14.8. The second-order valence-corrected chi connectivity index (χ2v) is 22.7. The lowest BCUT2D eigenvalue weighted by Gasteiger charge is -2.34. The predicted octanol–water partition coefficient (Wildman–Crippen LogP) is -1.35. The fourth-order valence-corrected chi connectivity index (χ4v) is 10.9. The average Bonchev–Trinajstić information content (AvgIpc) is 2.10. The molecule has 88 heavy (non-hydrogen) atoms. The molecular formula is C62H83N9O17. The Bertz CT molecular complexity index is 2990. The van der Waals surface area contributed by atoms with Gasteiger partial charge in [0.2, 0.25) is 35.4 Å². The molecular weight excluding hydrogens is 1140 g/mol. The van der Waals surface area contributed by atoms with Gasteiger partial charge in [-0.25, -0.2) is 0 Å². The molecule has 4 aromatic rings. The van der Waals surface area contributed by atoms with E-state index >= 15 is 0 Å². The van der Waals surface area contributed by atoms with Crippen LogP contribution in [0.5, 0.6) is 11.5 Å². The highest BCUT2D eigenvalue weighted by atomic mass is 16.5. The Morgan fingerprint density at radius 2 is 1.22 bits per heavy atom. The summed E-state index contributed by atoms with van der Waals surface area (Å²) in [5.74, 6) is -8.25. The van der Waals surface area contributed by atoms with Crippen molar-refractivity contribution in [1.29, 1.82) is 0 Å². The van der Waals surface area contributed by atoms with E-state index in [4.69, 9.17) is 15.2 Å². The summed E-state index contributed by atoms with van der Waals surface area (Å²) in [6, 6.07) is 15.2. The molecule has 0 aliphatic carbocycles. The number of ether oxygens (including phenoxy) is 2. The molecule has 0 saturated carbocycles. The highest BCUT2D eigenvalue weighted by Crippen LogP contribution is 2.30. The van der Waals surface area contributed by atoms with Gasteiger partial charge in [-0.05, 0) is 84.5 Å². The SMILES string of the molecule is CCCCCOc1ccc(-c2ccc(-c3ccc(C(=O)NC4C[C@@H](O)C(NCCOCCN)NC(=O)C5[C@@H](O)[C@@H](C)CN5C(=O)C([C@@H](C)O)NC(=O)C([C@H](O)[C@@H](O)c5ccc(O)cc5)NC(=O)C5C[C@@H](O)CN5C(=O)C([C@@H](C)O)NC4=O)cc3)cc2)cc1. The third-order valence-corrected chi connectivity index (χ3v) is 15.9. The molecule has 26 nitrogen and oxygen atoms in total. The first-order valence-electron chi connectivity index (χ1n) is 29.6. The first-order chi connectivity index (χ1) is 42.0. The van der Waals surface area contributed by atoms with Gasteiger partial charge in [0.15, 0.2) is 0 Å². The summed E-state index contributed by atoms with van der Waals surface area (Å²) in [4.78, 5) is 104. The smallest absolute Gasteiger partial charge is 0.251 e. The fraction of sp³-hybridized carbons (Fsp3) is 0.500. The van der Waals surface area contributed by atoms with Crippen LogP contribution in [0.1, 0.15) is 81.8 Å². The maximum Gasteiger partial charge on any atom is 0.251 e. The maximum atomic E-state index is 14.8. The van der Waals surface area contributed by atoms with E-state index in [1.807, 2.05) is 48.5 Å². The Morgan fingerprint density at radius 3 is 1.80 bits per heavy atom. The van der Waals surface area contributed by atoms with E-state index in [2.05, 4.69) is 38.8 Å². The summed E-state index contributed by atoms with van der Waals surface area (Å²) < 4.78 is 11.4. The van der Waals surface area contributed by atoms with Crippen LogP contribution < -0.4 is 42.4 Å². The summed E-state index contributed by atoms with van der Waals surface area (Å²) >= 11 is 0. The van der Waals surface area contributed by atoms with E-state index in [0.717, 1.165) is 70.9 Å². The number of aliphatic hydroxyl groups is 7. The molecule has 0 bridgehead atoms. The minimum Gasteiger partial charge on any atom is -0.508 e. The van der Waals surface area contributed by atoms with Crippen molar-refractivity contribution < 1.29 is 83.9 Å². The van der Waals surface area contributed by atoms with Gasteiger partial charge < -0.3 is 92.4 Å². The molecule has 3 aliphatic heterocycles. The molecule has 7 unspecified atom stereocenters. The summed E-state index contributed by atoms with van der Waals surface area (Å²) in [6.45, 7) is 5.79. The lowest BCUT2D eigenvalue weighted by molar-refractivity contribution is -0.148. The number of rotatable bonds is 20. The Balaban J connectivity index is 1.22. The van der Waals surface area contributed by atoms with Crippen LogP contribution in [0.4, 0.5) is 0 Å². The molecule has 3 aliphatic rings. The Labute approximate surface area is 509 Å². The van der Waals surface area contributed by atoms with Crippen molar-refractivity contribution in [2.45, 2.75) is 145 Å². The summed E-state index contributed by atoms with van der Waals surface area (Å²) in [5, 5.41) is 105. The number of hydrogen-bond donors (Lipinski definition) is 15. The monoisotopic (exact) mass is 1230 g/mol. The first-order valence-corrected chi connectivity index (χ1v) is 29.6. The van der Waals surface area contributed by atoms with E-state index in [0.29, 0.717) is 6.61 Å². The van der Waals surface area contributed by atoms with Crippen molar-refractivity contribution >= 4 is 41.4 Å². The van der Waals surface area contributed by atoms with Crippen molar-refractivity contribution in [3.8, 4) is 33.8 Å². The topological polar surface area (TPSA) is 404 Å². The van der Waals surface area contributed by atoms with Gasteiger partial charge in [-0.3, -0.25) is 38.9 Å². The normalized spacial score (nSPS) is 26.5. The molecule has 3 fully saturated rings. The van der Waals surface area contributed by atoms with Gasteiger partial charge in [0.1, 0.15) is 66.1 Å². The number of aromatic hydroxyl groups is 1. The van der Waals surface area contributed by atoms with Gasteiger partial charge >= 0.3 is 0 Å². The number of amides is 7. The van der Waals surface area contributed by atoms with Gasteiger partial charge in [-0.2, -0.15) is 0 Å². The van der Waals surface area contributed by atoms with Crippen molar-refractivity contribution in [1.82, 2.24) is 41.7 Å². The number of carbonyl (C=O) groups is 7. The highest BCUT2D eigenvalue weighted by Gasteiger charge is 2.50.